The molecule has 0 radical (unpaired) electrons. The van der Waals surface area contributed by atoms with Crippen LogP contribution in [-0.2, 0) is 29.8 Å². The van der Waals surface area contributed by atoms with Gasteiger partial charge in [-0.25, -0.2) is 0 Å². The smallest absolute Gasteiger partial charge is 0.304 e. The summed E-state index contributed by atoms with van der Waals surface area (Å²) in [6, 6.07) is 0. The van der Waals surface area contributed by atoms with Crippen LogP contribution in [0.15, 0.2) is 0 Å². The fourth-order valence-corrected chi connectivity index (χ4v) is 1.83. The van der Waals surface area contributed by atoms with Gasteiger partial charge in [0.05, 0.1) is 39.5 Å². The summed E-state index contributed by atoms with van der Waals surface area (Å²) in [5.74, 6) is -0.375. The number of hydrogen-bond acceptors (Lipinski definition) is 5. The van der Waals surface area contributed by atoms with E-state index in [0.717, 1.165) is 0 Å². The quantitative estimate of drug-likeness (QED) is 0.497. The number of carboxylic acid groups (broad SMARTS) is 1. The van der Waals surface area contributed by atoms with E-state index in [1.807, 2.05) is 0 Å². The molecule has 1 atom stereocenters. The van der Waals surface area contributed by atoms with Gasteiger partial charge in [0.1, 0.15) is 0 Å². The van der Waals surface area contributed by atoms with Gasteiger partial charge in [-0.05, 0) is 0 Å². The molecule has 0 saturated carbocycles. The molecule has 0 aliphatic carbocycles. The molecule has 0 aliphatic rings. The molecule has 17 heavy (non-hydrogen) atoms. The molecule has 1 N–H and O–H groups in total. The second kappa shape index (κ2) is 12.0. The Labute approximate surface area is 104 Å². The first kappa shape index (κ1) is 16.5. The summed E-state index contributed by atoms with van der Waals surface area (Å²) in [6.45, 7) is 2.37. The molecule has 0 amide bonds. The van der Waals surface area contributed by atoms with Gasteiger partial charge in [-0.15, -0.1) is 0 Å². The summed E-state index contributed by atoms with van der Waals surface area (Å²) in [6.07, 6.45) is -0.0628. The zero-order chi connectivity index (χ0) is 12.9. The molecule has 6 nitrogen and oxygen atoms in total. The van der Waals surface area contributed by atoms with Gasteiger partial charge in [-0.1, -0.05) is 0 Å². The zero-order valence-corrected chi connectivity index (χ0v) is 10.9. The Hall–Kier alpha value is -0.500. The lowest BCUT2D eigenvalue weighted by atomic mass is 10.5. The Kier molecular flexibility index (Phi) is 11.6. The molecule has 7 heteroatoms. The number of ether oxygens (including phenoxy) is 3. The fraction of sp³-hybridized carbons (Fsp3) is 0.900. The third-order valence-electron chi connectivity index (χ3n) is 1.80. The van der Waals surface area contributed by atoms with Crippen molar-refractivity contribution in [2.24, 2.45) is 0 Å². The van der Waals surface area contributed by atoms with Crippen molar-refractivity contribution in [2.75, 3.05) is 51.6 Å². The standard InChI is InChI=1S/C10H20O6S/c1-14-3-4-15-5-6-16-7-9-17(13)8-2-10(11)12/h2-9H2,1H3,(H,11,12). The Bertz CT molecular complexity index is 221. The van der Waals surface area contributed by atoms with E-state index in [1.165, 1.54) is 0 Å². The van der Waals surface area contributed by atoms with Crippen LogP contribution in [0.4, 0.5) is 0 Å². The van der Waals surface area contributed by atoms with E-state index < -0.39 is 16.8 Å². The Morgan fingerprint density at radius 1 is 1.06 bits per heavy atom. The molecule has 0 aromatic carbocycles. The van der Waals surface area contributed by atoms with Gasteiger partial charge in [-0.3, -0.25) is 9.00 Å². The average molecular weight is 268 g/mol. The van der Waals surface area contributed by atoms with Crippen LogP contribution in [0.1, 0.15) is 6.42 Å². The van der Waals surface area contributed by atoms with E-state index in [1.54, 1.807) is 7.11 Å². The number of carbonyl (C=O) groups is 1. The first-order valence-electron chi connectivity index (χ1n) is 5.38. The summed E-state index contributed by atoms with van der Waals surface area (Å²) in [5, 5.41) is 8.38. The van der Waals surface area contributed by atoms with Gasteiger partial charge in [-0.2, -0.15) is 0 Å². The van der Waals surface area contributed by atoms with E-state index in [2.05, 4.69) is 0 Å². The van der Waals surface area contributed by atoms with Gasteiger partial charge in [0, 0.05) is 29.4 Å². The van der Waals surface area contributed by atoms with E-state index in [-0.39, 0.29) is 12.2 Å². The minimum Gasteiger partial charge on any atom is -0.481 e. The van der Waals surface area contributed by atoms with E-state index in [0.29, 0.717) is 38.8 Å². The van der Waals surface area contributed by atoms with Crippen molar-refractivity contribution in [1.29, 1.82) is 0 Å². The van der Waals surface area contributed by atoms with Crippen molar-refractivity contribution in [1.82, 2.24) is 0 Å². The molecule has 0 aromatic rings. The molecule has 102 valence electrons. The molecular weight excluding hydrogens is 248 g/mol. The first-order valence-corrected chi connectivity index (χ1v) is 6.86. The Balaban J connectivity index is 3.16. The van der Waals surface area contributed by atoms with E-state index >= 15 is 0 Å². The molecule has 0 aliphatic heterocycles. The van der Waals surface area contributed by atoms with Gasteiger partial charge in [0.15, 0.2) is 0 Å². The molecule has 0 fully saturated rings. The van der Waals surface area contributed by atoms with Gasteiger partial charge >= 0.3 is 5.97 Å². The van der Waals surface area contributed by atoms with Crippen LogP contribution in [0.25, 0.3) is 0 Å². The van der Waals surface area contributed by atoms with Crippen molar-refractivity contribution in [3.05, 3.63) is 0 Å². The lowest BCUT2D eigenvalue weighted by Gasteiger charge is -2.05. The predicted octanol–water partition coefficient (Wildman–Crippen LogP) is -0.111. The molecule has 0 aromatic heterocycles. The maximum absolute atomic E-state index is 11.2. The van der Waals surface area contributed by atoms with Crippen LogP contribution in [-0.4, -0.2) is 66.9 Å². The third kappa shape index (κ3) is 13.4. The van der Waals surface area contributed by atoms with Gasteiger partial charge in [0.25, 0.3) is 0 Å². The highest BCUT2D eigenvalue weighted by Crippen LogP contribution is 1.89. The Morgan fingerprint density at radius 3 is 2.24 bits per heavy atom. The number of hydrogen-bond donors (Lipinski definition) is 1. The van der Waals surface area contributed by atoms with Crippen molar-refractivity contribution in [3.8, 4) is 0 Å². The second-order valence-electron chi connectivity index (χ2n) is 3.21. The zero-order valence-electron chi connectivity index (χ0n) is 10.1. The monoisotopic (exact) mass is 268 g/mol. The van der Waals surface area contributed by atoms with Crippen LogP contribution in [0.5, 0.6) is 0 Å². The fourth-order valence-electron chi connectivity index (χ4n) is 0.919. The normalized spacial score (nSPS) is 12.5. The number of methoxy groups -OCH3 is 1. The molecule has 0 heterocycles. The number of rotatable bonds is 12. The van der Waals surface area contributed by atoms with Gasteiger partial charge < -0.3 is 19.3 Å². The summed E-state index contributed by atoms with van der Waals surface area (Å²) in [5.41, 5.74) is 0. The maximum atomic E-state index is 11.2. The summed E-state index contributed by atoms with van der Waals surface area (Å²) in [7, 11) is 0.486. The SMILES string of the molecule is COCCOCCOCCS(=O)CCC(=O)O. The third-order valence-corrected chi connectivity index (χ3v) is 3.08. The van der Waals surface area contributed by atoms with Crippen LogP contribution < -0.4 is 0 Å². The van der Waals surface area contributed by atoms with Crippen LogP contribution in [0.2, 0.25) is 0 Å². The maximum Gasteiger partial charge on any atom is 0.304 e. The van der Waals surface area contributed by atoms with Crippen molar-refractivity contribution in [3.63, 3.8) is 0 Å². The second-order valence-corrected chi connectivity index (χ2v) is 4.91. The molecule has 1 unspecified atom stereocenters. The number of aliphatic carboxylic acids is 1. The average Bonchev–Trinajstić information content (AvgIpc) is 2.30. The largest absolute Gasteiger partial charge is 0.481 e. The van der Waals surface area contributed by atoms with E-state index in [4.69, 9.17) is 19.3 Å². The predicted molar refractivity (Wildman–Crippen MR) is 63.6 cm³/mol. The summed E-state index contributed by atoms with van der Waals surface area (Å²) in [4.78, 5) is 10.2. The summed E-state index contributed by atoms with van der Waals surface area (Å²) < 4.78 is 26.4. The first-order chi connectivity index (χ1) is 8.16. The lowest BCUT2D eigenvalue weighted by molar-refractivity contribution is -0.136. The minimum absolute atomic E-state index is 0.0628. The van der Waals surface area contributed by atoms with Gasteiger partial charge in [0.2, 0.25) is 0 Å². The van der Waals surface area contributed by atoms with Crippen molar-refractivity contribution < 1.29 is 28.3 Å². The highest BCUT2D eigenvalue weighted by Gasteiger charge is 2.03. The Morgan fingerprint density at radius 2 is 1.65 bits per heavy atom. The number of carboxylic acids is 1. The topological polar surface area (TPSA) is 82.1 Å². The highest BCUT2D eigenvalue weighted by atomic mass is 32.2. The van der Waals surface area contributed by atoms with Crippen LogP contribution in [0, 0.1) is 0 Å². The molecule has 0 saturated heterocycles. The lowest BCUT2D eigenvalue weighted by Crippen LogP contribution is -2.14. The van der Waals surface area contributed by atoms with Crippen LogP contribution in [0.3, 0.4) is 0 Å². The summed E-state index contributed by atoms with van der Waals surface area (Å²) >= 11 is 0. The van der Waals surface area contributed by atoms with Crippen molar-refractivity contribution >= 4 is 16.8 Å². The molecule has 0 bridgehead atoms. The molecule has 0 spiro atoms. The van der Waals surface area contributed by atoms with E-state index in [9.17, 15) is 9.00 Å². The highest BCUT2D eigenvalue weighted by molar-refractivity contribution is 7.85. The minimum atomic E-state index is -1.12. The van der Waals surface area contributed by atoms with Crippen molar-refractivity contribution in [2.45, 2.75) is 6.42 Å². The van der Waals surface area contributed by atoms with Crippen LogP contribution >= 0.6 is 0 Å². The molecule has 0 rings (SSSR count). The molecular formula is C10H20O6S.